The fraction of sp³-hybridized carbons (Fsp3) is 1.00. The van der Waals surface area contributed by atoms with Crippen molar-refractivity contribution < 1.29 is 4.74 Å². The summed E-state index contributed by atoms with van der Waals surface area (Å²) < 4.78 is 5.34. The number of rotatable bonds is 2. The molecular formula is C10H21N3O. The van der Waals surface area contributed by atoms with Gasteiger partial charge < -0.3 is 15.4 Å². The number of ether oxygens (including phenoxy) is 1. The molecule has 2 aliphatic rings. The fourth-order valence-corrected chi connectivity index (χ4v) is 2.12. The monoisotopic (exact) mass is 199 g/mol. The van der Waals surface area contributed by atoms with Gasteiger partial charge in [0.25, 0.3) is 0 Å². The second-order valence-electron chi connectivity index (χ2n) is 4.10. The maximum atomic E-state index is 5.34. The average molecular weight is 199 g/mol. The highest BCUT2D eigenvalue weighted by molar-refractivity contribution is 4.77. The molecule has 0 amide bonds. The van der Waals surface area contributed by atoms with Crippen LogP contribution in [0.2, 0.25) is 0 Å². The molecule has 0 radical (unpaired) electrons. The largest absolute Gasteiger partial charge is 0.379 e. The van der Waals surface area contributed by atoms with Crippen LogP contribution in [-0.4, -0.2) is 63.4 Å². The molecule has 2 rings (SSSR count). The first-order valence-electron chi connectivity index (χ1n) is 5.69. The summed E-state index contributed by atoms with van der Waals surface area (Å²) in [5, 5.41) is 6.99. The molecule has 1 atom stereocenters. The number of hydrogen-bond acceptors (Lipinski definition) is 4. The Kier molecular flexibility index (Phi) is 4.19. The molecule has 2 fully saturated rings. The zero-order valence-electron chi connectivity index (χ0n) is 8.80. The molecule has 0 aromatic rings. The van der Waals surface area contributed by atoms with Gasteiger partial charge in [0.1, 0.15) is 0 Å². The number of nitrogens with zero attached hydrogens (tertiary/aromatic N) is 1. The van der Waals surface area contributed by atoms with Crippen LogP contribution in [0.25, 0.3) is 0 Å². The van der Waals surface area contributed by atoms with Crippen molar-refractivity contribution in [1.82, 2.24) is 15.5 Å². The summed E-state index contributed by atoms with van der Waals surface area (Å²) in [6.45, 7) is 8.58. The van der Waals surface area contributed by atoms with Crippen LogP contribution in [0.5, 0.6) is 0 Å². The van der Waals surface area contributed by atoms with Crippen molar-refractivity contribution in [2.24, 2.45) is 0 Å². The van der Waals surface area contributed by atoms with Crippen molar-refractivity contribution >= 4 is 0 Å². The lowest BCUT2D eigenvalue weighted by Crippen LogP contribution is -2.45. The number of morpholine rings is 1. The van der Waals surface area contributed by atoms with Crippen molar-refractivity contribution in [3.05, 3.63) is 0 Å². The Labute approximate surface area is 86.0 Å². The Balaban J connectivity index is 1.71. The minimum absolute atomic E-state index is 0.670. The van der Waals surface area contributed by atoms with E-state index in [1.807, 2.05) is 0 Å². The molecule has 14 heavy (non-hydrogen) atoms. The molecule has 4 nitrogen and oxygen atoms in total. The quantitative estimate of drug-likeness (QED) is 0.615. The van der Waals surface area contributed by atoms with E-state index in [0.717, 1.165) is 45.9 Å². The molecule has 2 N–H and O–H groups in total. The van der Waals surface area contributed by atoms with E-state index in [-0.39, 0.29) is 0 Å². The van der Waals surface area contributed by atoms with Gasteiger partial charge in [-0.2, -0.15) is 0 Å². The van der Waals surface area contributed by atoms with Crippen LogP contribution < -0.4 is 10.6 Å². The van der Waals surface area contributed by atoms with Gasteiger partial charge in [-0.05, 0) is 13.0 Å². The summed E-state index contributed by atoms with van der Waals surface area (Å²) in [7, 11) is 0. The standard InChI is InChI=1S/C10H21N3O/c1-2-11-3-4-12-10(1)9-13-5-7-14-8-6-13/h10-12H,1-9H2. The van der Waals surface area contributed by atoms with E-state index in [1.54, 1.807) is 0 Å². The van der Waals surface area contributed by atoms with Gasteiger partial charge in [0, 0.05) is 38.8 Å². The van der Waals surface area contributed by atoms with Crippen LogP contribution in [-0.2, 0) is 4.74 Å². The number of nitrogens with one attached hydrogen (secondary N) is 2. The molecule has 0 saturated carbocycles. The van der Waals surface area contributed by atoms with E-state index in [9.17, 15) is 0 Å². The third-order valence-electron chi connectivity index (χ3n) is 2.99. The Hall–Kier alpha value is -0.160. The van der Waals surface area contributed by atoms with Gasteiger partial charge in [-0.3, -0.25) is 4.90 Å². The summed E-state index contributed by atoms with van der Waals surface area (Å²) in [4.78, 5) is 2.51. The third kappa shape index (κ3) is 3.20. The van der Waals surface area contributed by atoms with Gasteiger partial charge in [-0.15, -0.1) is 0 Å². The van der Waals surface area contributed by atoms with E-state index < -0.39 is 0 Å². The first kappa shape index (κ1) is 10.4. The summed E-state index contributed by atoms with van der Waals surface area (Å²) in [6.07, 6.45) is 1.25. The summed E-state index contributed by atoms with van der Waals surface area (Å²) >= 11 is 0. The van der Waals surface area contributed by atoms with E-state index >= 15 is 0 Å². The molecule has 82 valence electrons. The highest BCUT2D eigenvalue weighted by Crippen LogP contribution is 2.02. The lowest BCUT2D eigenvalue weighted by Gasteiger charge is -2.30. The third-order valence-corrected chi connectivity index (χ3v) is 2.99. The molecule has 2 heterocycles. The second kappa shape index (κ2) is 5.66. The molecule has 4 heteroatoms. The molecule has 0 aliphatic carbocycles. The fourth-order valence-electron chi connectivity index (χ4n) is 2.12. The van der Waals surface area contributed by atoms with Crippen LogP contribution >= 0.6 is 0 Å². The lowest BCUT2D eigenvalue weighted by molar-refractivity contribution is 0.0335. The topological polar surface area (TPSA) is 36.5 Å². The van der Waals surface area contributed by atoms with E-state index in [2.05, 4.69) is 15.5 Å². The summed E-state index contributed by atoms with van der Waals surface area (Å²) in [5.41, 5.74) is 0. The highest BCUT2D eigenvalue weighted by atomic mass is 16.5. The highest BCUT2D eigenvalue weighted by Gasteiger charge is 2.17. The maximum Gasteiger partial charge on any atom is 0.0594 e. The van der Waals surface area contributed by atoms with Crippen LogP contribution in [0.4, 0.5) is 0 Å². The number of hydrogen-bond donors (Lipinski definition) is 2. The normalized spacial score (nSPS) is 31.3. The van der Waals surface area contributed by atoms with Gasteiger partial charge in [0.05, 0.1) is 13.2 Å². The van der Waals surface area contributed by atoms with Gasteiger partial charge >= 0.3 is 0 Å². The van der Waals surface area contributed by atoms with Gasteiger partial charge in [-0.1, -0.05) is 0 Å². The lowest BCUT2D eigenvalue weighted by atomic mass is 10.2. The molecule has 2 saturated heterocycles. The predicted octanol–water partition coefficient (Wildman–Crippen LogP) is -0.730. The van der Waals surface area contributed by atoms with Gasteiger partial charge in [-0.25, -0.2) is 0 Å². The molecule has 0 spiro atoms. The van der Waals surface area contributed by atoms with E-state index in [1.165, 1.54) is 13.0 Å². The van der Waals surface area contributed by atoms with Crippen molar-refractivity contribution in [2.45, 2.75) is 12.5 Å². The Morgan fingerprint density at radius 3 is 2.86 bits per heavy atom. The van der Waals surface area contributed by atoms with Crippen molar-refractivity contribution in [1.29, 1.82) is 0 Å². The van der Waals surface area contributed by atoms with Crippen molar-refractivity contribution in [2.75, 3.05) is 52.5 Å². The SMILES string of the molecule is C1CNC(CN2CCOCC2)CCN1. The van der Waals surface area contributed by atoms with E-state index in [4.69, 9.17) is 4.74 Å². The van der Waals surface area contributed by atoms with Crippen LogP contribution in [0.1, 0.15) is 6.42 Å². The van der Waals surface area contributed by atoms with Crippen LogP contribution in [0, 0.1) is 0 Å². The molecule has 0 aromatic carbocycles. The maximum absolute atomic E-state index is 5.34. The molecule has 1 unspecified atom stereocenters. The van der Waals surface area contributed by atoms with Crippen molar-refractivity contribution in [3.8, 4) is 0 Å². The minimum Gasteiger partial charge on any atom is -0.379 e. The second-order valence-corrected chi connectivity index (χ2v) is 4.10. The average Bonchev–Trinajstić information content (AvgIpc) is 2.48. The smallest absolute Gasteiger partial charge is 0.0594 e. The summed E-state index contributed by atoms with van der Waals surface area (Å²) in [6, 6.07) is 0.670. The molecule has 2 aliphatic heterocycles. The predicted molar refractivity (Wildman–Crippen MR) is 56.5 cm³/mol. The van der Waals surface area contributed by atoms with Gasteiger partial charge in [0.2, 0.25) is 0 Å². The Bertz CT molecular complexity index is 151. The van der Waals surface area contributed by atoms with E-state index in [0.29, 0.717) is 6.04 Å². The minimum atomic E-state index is 0.670. The van der Waals surface area contributed by atoms with Gasteiger partial charge in [0.15, 0.2) is 0 Å². The van der Waals surface area contributed by atoms with Crippen molar-refractivity contribution in [3.63, 3.8) is 0 Å². The zero-order chi connectivity index (χ0) is 9.64. The first-order chi connectivity index (χ1) is 6.95. The van der Waals surface area contributed by atoms with Crippen LogP contribution in [0.3, 0.4) is 0 Å². The zero-order valence-corrected chi connectivity index (χ0v) is 8.80. The Morgan fingerprint density at radius 2 is 2.00 bits per heavy atom. The molecular weight excluding hydrogens is 178 g/mol. The van der Waals surface area contributed by atoms with Crippen LogP contribution in [0.15, 0.2) is 0 Å². The molecule has 0 bridgehead atoms. The first-order valence-corrected chi connectivity index (χ1v) is 5.69. The summed E-state index contributed by atoms with van der Waals surface area (Å²) in [5.74, 6) is 0. The Morgan fingerprint density at radius 1 is 1.14 bits per heavy atom. The molecule has 0 aromatic heterocycles.